The first-order chi connectivity index (χ1) is 8.72. The summed E-state index contributed by atoms with van der Waals surface area (Å²) in [6.07, 6.45) is 0.889. The molecule has 2 aromatic rings. The predicted molar refractivity (Wildman–Crippen MR) is 77.1 cm³/mol. The highest BCUT2D eigenvalue weighted by Gasteiger charge is 2.19. The number of pyridine rings is 1. The molecule has 0 atom stereocenters. The molecule has 1 aliphatic rings. The lowest BCUT2D eigenvalue weighted by molar-refractivity contribution is 0.110. The Hall–Kier alpha value is -1.13. The molecular weight excluding hydrogens is 292 g/mol. The molecule has 1 aliphatic heterocycles. The van der Waals surface area contributed by atoms with E-state index in [9.17, 15) is 0 Å². The number of ether oxygens (including phenoxy) is 1. The van der Waals surface area contributed by atoms with Crippen LogP contribution in [0.5, 0.6) is 0 Å². The molecule has 0 spiro atoms. The Morgan fingerprint density at radius 2 is 2.22 bits per heavy atom. The molecule has 3 nitrogen and oxygen atoms in total. The van der Waals surface area contributed by atoms with Crippen molar-refractivity contribution in [2.45, 2.75) is 20.0 Å². The van der Waals surface area contributed by atoms with E-state index in [1.54, 1.807) is 0 Å². The number of benzene rings is 1. The first-order valence-electron chi connectivity index (χ1n) is 6.08. The lowest BCUT2D eigenvalue weighted by atomic mass is 10.00. The smallest absolute Gasteiger partial charge is 0.0870 e. The first kappa shape index (κ1) is 11.9. The molecule has 0 amide bonds. The molecule has 0 fully saturated rings. The van der Waals surface area contributed by atoms with Gasteiger partial charge in [-0.2, -0.15) is 0 Å². The van der Waals surface area contributed by atoms with Gasteiger partial charge in [0.25, 0.3) is 0 Å². The summed E-state index contributed by atoms with van der Waals surface area (Å²) in [5.41, 5.74) is 5.80. The highest BCUT2D eigenvalue weighted by molar-refractivity contribution is 9.10. The monoisotopic (exact) mass is 306 g/mol. The van der Waals surface area contributed by atoms with E-state index in [4.69, 9.17) is 9.72 Å². The third kappa shape index (κ3) is 1.71. The maximum Gasteiger partial charge on any atom is 0.0870 e. The van der Waals surface area contributed by atoms with Crippen LogP contribution < -0.4 is 5.32 Å². The van der Waals surface area contributed by atoms with E-state index < -0.39 is 0 Å². The second kappa shape index (κ2) is 4.52. The average molecular weight is 307 g/mol. The zero-order valence-corrected chi connectivity index (χ0v) is 12.1. The van der Waals surface area contributed by atoms with Crippen molar-refractivity contribution in [1.29, 1.82) is 0 Å². The van der Waals surface area contributed by atoms with Gasteiger partial charge in [-0.15, -0.1) is 0 Å². The van der Waals surface area contributed by atoms with Gasteiger partial charge in [-0.1, -0.05) is 6.07 Å². The molecular formula is C14H15BrN2O. The van der Waals surface area contributed by atoms with Gasteiger partial charge in [-0.05, 0) is 34.5 Å². The number of hydrogen-bond donors (Lipinski definition) is 1. The minimum atomic E-state index is 0.653. The molecule has 18 heavy (non-hydrogen) atoms. The van der Waals surface area contributed by atoms with Crippen LogP contribution in [-0.2, 0) is 17.8 Å². The van der Waals surface area contributed by atoms with E-state index in [1.807, 2.05) is 7.05 Å². The number of aryl methyl sites for hydroxylation is 1. The molecule has 4 heteroatoms. The van der Waals surface area contributed by atoms with Crippen LogP contribution in [0.2, 0.25) is 0 Å². The molecule has 3 rings (SSSR count). The summed E-state index contributed by atoms with van der Waals surface area (Å²) in [6, 6.07) is 4.18. The van der Waals surface area contributed by atoms with Gasteiger partial charge >= 0.3 is 0 Å². The Balaban J connectivity index is 2.44. The van der Waals surface area contributed by atoms with E-state index >= 15 is 0 Å². The van der Waals surface area contributed by atoms with Gasteiger partial charge in [0.15, 0.2) is 0 Å². The highest BCUT2D eigenvalue weighted by Crippen LogP contribution is 2.36. The number of aromatic nitrogens is 1. The van der Waals surface area contributed by atoms with Crippen molar-refractivity contribution in [3.63, 3.8) is 0 Å². The van der Waals surface area contributed by atoms with Crippen molar-refractivity contribution in [1.82, 2.24) is 4.98 Å². The summed E-state index contributed by atoms with van der Waals surface area (Å²) in [5, 5.41) is 4.52. The molecule has 1 aromatic heterocycles. The van der Waals surface area contributed by atoms with Crippen LogP contribution in [0, 0.1) is 6.92 Å². The summed E-state index contributed by atoms with van der Waals surface area (Å²) >= 11 is 3.60. The number of hydrogen-bond acceptors (Lipinski definition) is 3. The fraction of sp³-hybridized carbons (Fsp3) is 0.357. The standard InChI is InChI=1S/C14H15BrN2O/c1-8-3-4-10(15)14-12(8)13(16-2)9-7-18-6-5-11(9)17-14/h3-4H,5-7H2,1-2H3,(H,16,17). The summed E-state index contributed by atoms with van der Waals surface area (Å²) in [7, 11) is 1.96. The molecule has 94 valence electrons. The quantitative estimate of drug-likeness (QED) is 0.876. The number of rotatable bonds is 1. The Bertz CT molecular complexity index is 625. The Morgan fingerprint density at radius 1 is 1.39 bits per heavy atom. The third-order valence-electron chi connectivity index (χ3n) is 3.46. The Labute approximate surface area is 115 Å². The minimum absolute atomic E-state index is 0.653. The average Bonchev–Trinajstić information content (AvgIpc) is 2.41. The zero-order valence-electron chi connectivity index (χ0n) is 10.5. The van der Waals surface area contributed by atoms with Crippen LogP contribution in [0.3, 0.4) is 0 Å². The highest BCUT2D eigenvalue weighted by atomic mass is 79.9. The lowest BCUT2D eigenvalue weighted by Crippen LogP contribution is -2.14. The predicted octanol–water partition coefficient (Wildman–Crippen LogP) is 3.42. The van der Waals surface area contributed by atoms with Crippen LogP contribution in [0.1, 0.15) is 16.8 Å². The molecule has 0 bridgehead atoms. The maximum atomic E-state index is 5.57. The normalized spacial score (nSPS) is 14.6. The van der Waals surface area contributed by atoms with Crippen LogP contribution in [0.25, 0.3) is 10.9 Å². The molecule has 1 aromatic carbocycles. The van der Waals surface area contributed by atoms with Crippen LogP contribution in [0.15, 0.2) is 16.6 Å². The lowest BCUT2D eigenvalue weighted by Gasteiger charge is -2.22. The van der Waals surface area contributed by atoms with Crippen molar-refractivity contribution in [3.05, 3.63) is 33.4 Å². The van der Waals surface area contributed by atoms with Gasteiger partial charge in [0, 0.05) is 28.9 Å². The summed E-state index contributed by atoms with van der Waals surface area (Å²) in [6.45, 7) is 3.53. The van der Waals surface area contributed by atoms with E-state index in [2.05, 4.69) is 40.3 Å². The Kier molecular flexibility index (Phi) is 2.99. The van der Waals surface area contributed by atoms with Crippen molar-refractivity contribution in [2.24, 2.45) is 0 Å². The van der Waals surface area contributed by atoms with Crippen molar-refractivity contribution < 1.29 is 4.74 Å². The Morgan fingerprint density at radius 3 is 3.00 bits per heavy atom. The van der Waals surface area contributed by atoms with Gasteiger partial charge in [-0.3, -0.25) is 4.98 Å². The number of nitrogens with zero attached hydrogens (tertiary/aromatic N) is 1. The van der Waals surface area contributed by atoms with Crippen LogP contribution >= 0.6 is 15.9 Å². The molecule has 1 N–H and O–H groups in total. The third-order valence-corrected chi connectivity index (χ3v) is 4.10. The van der Waals surface area contributed by atoms with Gasteiger partial charge in [0.2, 0.25) is 0 Å². The van der Waals surface area contributed by atoms with Gasteiger partial charge in [0.1, 0.15) is 0 Å². The number of halogens is 1. The summed E-state index contributed by atoms with van der Waals surface area (Å²) in [4.78, 5) is 4.82. The van der Waals surface area contributed by atoms with E-state index in [0.29, 0.717) is 6.61 Å². The van der Waals surface area contributed by atoms with Crippen molar-refractivity contribution >= 4 is 32.5 Å². The second-order valence-electron chi connectivity index (χ2n) is 4.55. The molecule has 0 aliphatic carbocycles. The minimum Gasteiger partial charge on any atom is -0.387 e. The molecule has 0 unspecified atom stereocenters. The maximum absolute atomic E-state index is 5.57. The molecule has 0 saturated heterocycles. The SMILES string of the molecule is CNc1c2c(nc3c(Br)ccc(C)c13)CCOC2. The second-order valence-corrected chi connectivity index (χ2v) is 5.41. The van der Waals surface area contributed by atoms with Crippen LogP contribution in [0.4, 0.5) is 5.69 Å². The number of fused-ring (bicyclic) bond motifs is 2. The number of anilines is 1. The molecule has 0 radical (unpaired) electrons. The van der Waals surface area contributed by atoms with E-state index in [0.717, 1.165) is 34.4 Å². The largest absolute Gasteiger partial charge is 0.387 e. The molecule has 2 heterocycles. The summed E-state index contributed by atoms with van der Waals surface area (Å²) < 4.78 is 6.62. The summed E-state index contributed by atoms with van der Waals surface area (Å²) in [5.74, 6) is 0. The molecule has 0 saturated carbocycles. The van der Waals surface area contributed by atoms with Crippen molar-refractivity contribution in [2.75, 3.05) is 19.0 Å². The first-order valence-corrected chi connectivity index (χ1v) is 6.87. The van der Waals surface area contributed by atoms with Crippen molar-refractivity contribution in [3.8, 4) is 0 Å². The van der Waals surface area contributed by atoms with E-state index in [-0.39, 0.29) is 0 Å². The van der Waals surface area contributed by atoms with Crippen LogP contribution in [-0.4, -0.2) is 18.6 Å². The van der Waals surface area contributed by atoms with Gasteiger partial charge < -0.3 is 10.1 Å². The number of nitrogens with one attached hydrogen (secondary N) is 1. The van der Waals surface area contributed by atoms with Gasteiger partial charge in [0.05, 0.1) is 30.1 Å². The fourth-order valence-electron chi connectivity index (χ4n) is 2.57. The fourth-order valence-corrected chi connectivity index (χ4v) is 2.99. The van der Waals surface area contributed by atoms with Gasteiger partial charge in [-0.25, -0.2) is 0 Å². The zero-order chi connectivity index (χ0) is 12.7. The topological polar surface area (TPSA) is 34.2 Å². The van der Waals surface area contributed by atoms with E-state index in [1.165, 1.54) is 16.5 Å².